The number of carbonyl (C=O) groups excluding carboxylic acids is 3. The standard InChI is InChI=1S/C18H19N3O4S/c1-3-25-17(24)12-4-6-14(7-5-12)21-10-13(8-15(21)22)16(23)20-18-19-9-11(2)26-18/h4-7,9,13H,3,8,10H2,1-2H3,(H,19,20,23)/t13-/m1/s1. The second kappa shape index (κ2) is 7.65. The first-order valence-electron chi connectivity index (χ1n) is 8.28. The number of nitrogens with one attached hydrogen (secondary N) is 1. The van der Waals surface area contributed by atoms with Crippen molar-refractivity contribution in [2.45, 2.75) is 20.3 Å². The van der Waals surface area contributed by atoms with Gasteiger partial charge in [-0.25, -0.2) is 9.78 Å². The molecule has 2 heterocycles. The average Bonchev–Trinajstić information content (AvgIpc) is 3.21. The maximum absolute atomic E-state index is 12.4. The molecule has 1 aromatic carbocycles. The molecule has 2 aromatic rings. The maximum Gasteiger partial charge on any atom is 0.338 e. The molecule has 1 atom stereocenters. The highest BCUT2D eigenvalue weighted by molar-refractivity contribution is 7.15. The van der Waals surface area contributed by atoms with E-state index in [2.05, 4.69) is 10.3 Å². The first-order chi connectivity index (χ1) is 12.5. The molecular weight excluding hydrogens is 354 g/mol. The molecule has 1 fully saturated rings. The summed E-state index contributed by atoms with van der Waals surface area (Å²) in [4.78, 5) is 43.1. The van der Waals surface area contributed by atoms with Crippen LogP contribution in [0.1, 0.15) is 28.6 Å². The Morgan fingerprint density at radius 1 is 1.35 bits per heavy atom. The third kappa shape index (κ3) is 3.91. The van der Waals surface area contributed by atoms with Gasteiger partial charge in [0.2, 0.25) is 11.8 Å². The Hall–Kier alpha value is -2.74. The van der Waals surface area contributed by atoms with Gasteiger partial charge in [0.05, 0.1) is 18.1 Å². The van der Waals surface area contributed by atoms with Crippen LogP contribution in [-0.2, 0) is 14.3 Å². The largest absolute Gasteiger partial charge is 0.462 e. The van der Waals surface area contributed by atoms with Gasteiger partial charge in [-0.2, -0.15) is 0 Å². The number of hydrogen-bond acceptors (Lipinski definition) is 6. The fourth-order valence-electron chi connectivity index (χ4n) is 2.74. The van der Waals surface area contributed by atoms with E-state index in [0.29, 0.717) is 29.5 Å². The number of nitrogens with zero attached hydrogens (tertiary/aromatic N) is 2. The molecule has 3 rings (SSSR count). The number of esters is 1. The second-order valence-electron chi connectivity index (χ2n) is 5.94. The van der Waals surface area contributed by atoms with Gasteiger partial charge in [-0.3, -0.25) is 9.59 Å². The van der Waals surface area contributed by atoms with Crippen LogP contribution >= 0.6 is 11.3 Å². The van der Waals surface area contributed by atoms with Crippen LogP contribution in [0, 0.1) is 12.8 Å². The Balaban J connectivity index is 1.65. The van der Waals surface area contributed by atoms with Crippen molar-refractivity contribution in [2.24, 2.45) is 5.92 Å². The summed E-state index contributed by atoms with van der Waals surface area (Å²) in [5.41, 5.74) is 1.08. The zero-order valence-electron chi connectivity index (χ0n) is 14.5. The summed E-state index contributed by atoms with van der Waals surface area (Å²) in [6.45, 7) is 4.26. The lowest BCUT2D eigenvalue weighted by atomic mass is 10.1. The Bertz CT molecular complexity index is 831. The van der Waals surface area contributed by atoms with E-state index < -0.39 is 11.9 Å². The van der Waals surface area contributed by atoms with Crippen LogP contribution in [0.15, 0.2) is 30.5 Å². The fourth-order valence-corrected chi connectivity index (χ4v) is 3.41. The van der Waals surface area contributed by atoms with Gasteiger partial charge in [0.15, 0.2) is 5.13 Å². The van der Waals surface area contributed by atoms with Crippen LogP contribution in [0.5, 0.6) is 0 Å². The van der Waals surface area contributed by atoms with Gasteiger partial charge in [-0.1, -0.05) is 0 Å². The number of ether oxygens (including phenoxy) is 1. The Kier molecular flexibility index (Phi) is 5.32. The normalized spacial score (nSPS) is 16.6. The lowest BCUT2D eigenvalue weighted by Crippen LogP contribution is -2.28. The summed E-state index contributed by atoms with van der Waals surface area (Å²) in [6, 6.07) is 6.61. The molecule has 0 spiro atoms. The number of benzene rings is 1. The van der Waals surface area contributed by atoms with E-state index in [9.17, 15) is 14.4 Å². The molecule has 26 heavy (non-hydrogen) atoms. The van der Waals surface area contributed by atoms with Gasteiger partial charge in [-0.05, 0) is 38.1 Å². The SMILES string of the molecule is CCOC(=O)c1ccc(N2C[C@H](C(=O)Nc3ncc(C)s3)CC2=O)cc1. The smallest absolute Gasteiger partial charge is 0.338 e. The van der Waals surface area contributed by atoms with Crippen molar-refractivity contribution in [3.63, 3.8) is 0 Å². The van der Waals surface area contributed by atoms with E-state index in [1.807, 2.05) is 6.92 Å². The number of anilines is 2. The fraction of sp³-hybridized carbons (Fsp3) is 0.333. The molecule has 0 aliphatic carbocycles. The maximum atomic E-state index is 12.4. The number of aromatic nitrogens is 1. The minimum atomic E-state index is -0.434. The summed E-state index contributed by atoms with van der Waals surface area (Å²) < 4.78 is 4.94. The lowest BCUT2D eigenvalue weighted by molar-refractivity contribution is -0.122. The van der Waals surface area contributed by atoms with Gasteiger partial charge in [0, 0.05) is 29.7 Å². The van der Waals surface area contributed by atoms with Crippen LogP contribution in [0.25, 0.3) is 0 Å². The van der Waals surface area contributed by atoms with Gasteiger partial charge >= 0.3 is 5.97 Å². The van der Waals surface area contributed by atoms with Crippen LogP contribution in [0.4, 0.5) is 10.8 Å². The Labute approximate surface area is 155 Å². The van der Waals surface area contributed by atoms with E-state index in [1.54, 1.807) is 42.3 Å². The summed E-state index contributed by atoms with van der Waals surface area (Å²) in [5.74, 6) is -1.16. The molecule has 2 amide bonds. The molecule has 136 valence electrons. The second-order valence-corrected chi connectivity index (χ2v) is 7.17. The van der Waals surface area contributed by atoms with E-state index in [1.165, 1.54) is 11.3 Å². The molecule has 1 N–H and O–H groups in total. The van der Waals surface area contributed by atoms with Crippen molar-refractivity contribution in [2.75, 3.05) is 23.4 Å². The molecule has 0 saturated carbocycles. The third-order valence-electron chi connectivity index (χ3n) is 4.04. The molecule has 0 radical (unpaired) electrons. The van der Waals surface area contributed by atoms with Crippen LogP contribution < -0.4 is 10.2 Å². The number of amides is 2. The van der Waals surface area contributed by atoms with Crippen molar-refractivity contribution in [1.29, 1.82) is 0 Å². The summed E-state index contributed by atoms with van der Waals surface area (Å²) in [7, 11) is 0. The van der Waals surface area contributed by atoms with E-state index in [-0.39, 0.29) is 18.2 Å². The number of hydrogen-bond donors (Lipinski definition) is 1. The molecular formula is C18H19N3O4S. The highest BCUT2D eigenvalue weighted by atomic mass is 32.1. The predicted molar refractivity (Wildman–Crippen MR) is 98.3 cm³/mol. The highest BCUT2D eigenvalue weighted by Crippen LogP contribution is 2.27. The molecule has 7 nitrogen and oxygen atoms in total. The minimum Gasteiger partial charge on any atom is -0.462 e. The molecule has 1 saturated heterocycles. The van der Waals surface area contributed by atoms with E-state index in [0.717, 1.165) is 4.88 Å². The molecule has 0 unspecified atom stereocenters. The van der Waals surface area contributed by atoms with Gasteiger partial charge in [0.1, 0.15) is 0 Å². The topological polar surface area (TPSA) is 88.6 Å². The van der Waals surface area contributed by atoms with Crippen molar-refractivity contribution in [3.05, 3.63) is 40.9 Å². The lowest BCUT2D eigenvalue weighted by Gasteiger charge is -2.17. The monoisotopic (exact) mass is 373 g/mol. The average molecular weight is 373 g/mol. The number of thiazole rings is 1. The molecule has 8 heteroatoms. The molecule has 1 aliphatic heterocycles. The minimum absolute atomic E-state index is 0.121. The Morgan fingerprint density at radius 2 is 2.08 bits per heavy atom. The van der Waals surface area contributed by atoms with Crippen molar-refractivity contribution in [1.82, 2.24) is 4.98 Å². The Morgan fingerprint density at radius 3 is 2.69 bits per heavy atom. The molecule has 0 bridgehead atoms. The van der Waals surface area contributed by atoms with Crippen LogP contribution in [-0.4, -0.2) is 35.9 Å². The first-order valence-corrected chi connectivity index (χ1v) is 9.10. The van der Waals surface area contributed by atoms with E-state index in [4.69, 9.17) is 4.74 Å². The molecule has 1 aliphatic rings. The van der Waals surface area contributed by atoms with Crippen molar-refractivity contribution < 1.29 is 19.1 Å². The summed E-state index contributed by atoms with van der Waals surface area (Å²) >= 11 is 1.40. The van der Waals surface area contributed by atoms with Gasteiger partial charge in [0.25, 0.3) is 0 Å². The zero-order chi connectivity index (χ0) is 18.7. The first kappa shape index (κ1) is 18.1. The third-order valence-corrected chi connectivity index (χ3v) is 4.87. The number of rotatable bonds is 5. The van der Waals surface area contributed by atoms with Crippen molar-refractivity contribution >= 4 is 39.9 Å². The van der Waals surface area contributed by atoms with E-state index >= 15 is 0 Å². The quantitative estimate of drug-likeness (QED) is 0.814. The number of carbonyl (C=O) groups is 3. The van der Waals surface area contributed by atoms with Crippen molar-refractivity contribution in [3.8, 4) is 0 Å². The summed E-state index contributed by atoms with van der Waals surface area (Å²) in [6.07, 6.45) is 1.84. The number of aryl methyl sites for hydroxylation is 1. The van der Waals surface area contributed by atoms with Crippen LogP contribution in [0.2, 0.25) is 0 Å². The zero-order valence-corrected chi connectivity index (χ0v) is 15.3. The molecule has 1 aromatic heterocycles. The van der Waals surface area contributed by atoms with Gasteiger partial charge < -0.3 is 15.0 Å². The highest BCUT2D eigenvalue weighted by Gasteiger charge is 2.35. The summed E-state index contributed by atoms with van der Waals surface area (Å²) in [5, 5.41) is 3.30. The van der Waals surface area contributed by atoms with Gasteiger partial charge in [-0.15, -0.1) is 11.3 Å². The predicted octanol–water partition coefficient (Wildman–Crippen LogP) is 2.62. The van der Waals surface area contributed by atoms with Crippen LogP contribution in [0.3, 0.4) is 0 Å².